The van der Waals surface area contributed by atoms with Crippen molar-refractivity contribution in [2.24, 2.45) is 0 Å². The normalized spacial score (nSPS) is 21.5. The lowest BCUT2D eigenvalue weighted by Crippen LogP contribution is -2.29. The summed E-state index contributed by atoms with van der Waals surface area (Å²) in [5.74, 6) is -0.811. The minimum Gasteiger partial charge on any atom is -0.507 e. The molecule has 2 atom stereocenters. The van der Waals surface area contributed by atoms with Crippen molar-refractivity contribution in [1.29, 1.82) is 0 Å². The highest BCUT2D eigenvalue weighted by Crippen LogP contribution is 2.41. The van der Waals surface area contributed by atoms with E-state index >= 15 is 0 Å². The van der Waals surface area contributed by atoms with E-state index in [0.717, 1.165) is 17.7 Å². The molecule has 1 fully saturated rings. The van der Waals surface area contributed by atoms with Crippen LogP contribution in [0.1, 0.15) is 35.3 Å². The fraction of sp³-hybridized carbons (Fsp3) is 0.200. The minimum atomic E-state index is -0.747. The zero-order chi connectivity index (χ0) is 22.2. The van der Waals surface area contributed by atoms with Crippen molar-refractivity contribution in [3.8, 4) is 5.75 Å². The lowest BCUT2D eigenvalue weighted by atomic mass is 9.95. The Labute approximate surface area is 185 Å². The molecule has 1 saturated heterocycles. The number of fused-ring (bicyclic) bond motifs is 1. The van der Waals surface area contributed by atoms with Gasteiger partial charge in [-0.1, -0.05) is 6.07 Å². The van der Waals surface area contributed by atoms with E-state index in [9.17, 15) is 14.7 Å². The van der Waals surface area contributed by atoms with Gasteiger partial charge < -0.3 is 14.7 Å². The third kappa shape index (κ3) is 3.41. The number of aliphatic hydroxyl groups is 1. The second-order valence-electron chi connectivity index (χ2n) is 7.98. The number of carbonyl (C=O) groups excluding carboxylic acids is 2. The Kier molecular flexibility index (Phi) is 4.93. The first kappa shape index (κ1) is 19.9. The van der Waals surface area contributed by atoms with Crippen LogP contribution in [0.4, 0.5) is 0 Å². The number of pyridine rings is 2. The number of likely N-dealkylation sites (tertiary alicyclic amines) is 1. The quantitative estimate of drug-likeness (QED) is 0.390. The van der Waals surface area contributed by atoms with Crippen LogP contribution in [0.15, 0.2) is 72.7 Å². The first-order chi connectivity index (χ1) is 15.5. The van der Waals surface area contributed by atoms with Gasteiger partial charge in [0.15, 0.2) is 0 Å². The molecule has 7 heteroatoms. The second kappa shape index (κ2) is 7.92. The van der Waals surface area contributed by atoms with E-state index in [4.69, 9.17) is 4.74 Å². The molecule has 32 heavy (non-hydrogen) atoms. The molecule has 7 nitrogen and oxygen atoms in total. The smallest absolute Gasteiger partial charge is 0.296 e. The molecule has 160 valence electrons. The fourth-order valence-electron chi connectivity index (χ4n) is 4.33. The first-order valence-electron chi connectivity index (χ1n) is 10.4. The van der Waals surface area contributed by atoms with Gasteiger partial charge >= 0.3 is 0 Å². The van der Waals surface area contributed by atoms with Gasteiger partial charge in [-0.25, -0.2) is 0 Å². The van der Waals surface area contributed by atoms with Gasteiger partial charge in [0.25, 0.3) is 11.7 Å². The van der Waals surface area contributed by atoms with Crippen LogP contribution in [0.2, 0.25) is 0 Å². The van der Waals surface area contributed by atoms with Gasteiger partial charge in [0, 0.05) is 30.6 Å². The molecule has 0 bridgehead atoms. The maximum absolute atomic E-state index is 13.1. The van der Waals surface area contributed by atoms with Crippen molar-refractivity contribution in [3.63, 3.8) is 0 Å². The van der Waals surface area contributed by atoms with E-state index in [2.05, 4.69) is 9.97 Å². The van der Waals surface area contributed by atoms with Gasteiger partial charge in [0.2, 0.25) is 0 Å². The largest absolute Gasteiger partial charge is 0.507 e. The summed E-state index contributed by atoms with van der Waals surface area (Å²) in [6.45, 7) is 2.12. The molecule has 1 amide bonds. The molecule has 0 spiro atoms. The Morgan fingerprint density at radius 1 is 1.12 bits per heavy atom. The van der Waals surface area contributed by atoms with Gasteiger partial charge in [0.1, 0.15) is 17.6 Å². The monoisotopic (exact) mass is 427 g/mol. The third-order valence-corrected chi connectivity index (χ3v) is 5.79. The number of aliphatic hydroxyl groups excluding tert-OH is 1. The molecule has 2 aliphatic heterocycles. The molecule has 3 aromatic rings. The van der Waals surface area contributed by atoms with Gasteiger partial charge in [-0.3, -0.25) is 19.6 Å². The molecule has 0 saturated carbocycles. The predicted octanol–water partition coefficient (Wildman–Crippen LogP) is 3.42. The fourth-order valence-corrected chi connectivity index (χ4v) is 4.33. The Bertz CT molecular complexity index is 1220. The highest BCUT2D eigenvalue weighted by molar-refractivity contribution is 6.46. The summed E-state index contributed by atoms with van der Waals surface area (Å²) in [4.78, 5) is 35.9. The third-order valence-electron chi connectivity index (χ3n) is 5.79. The van der Waals surface area contributed by atoms with Crippen LogP contribution in [0.25, 0.3) is 5.76 Å². The van der Waals surface area contributed by atoms with E-state index in [-0.39, 0.29) is 24.0 Å². The molecule has 0 aliphatic carbocycles. The number of Topliss-reactive ketones (excluding diaryl/α,β-unsaturated/α-hetero) is 1. The molecule has 2 aromatic heterocycles. The summed E-state index contributed by atoms with van der Waals surface area (Å²) in [6.07, 6.45) is 5.62. The number of carbonyl (C=O) groups is 2. The molecule has 0 radical (unpaired) electrons. The Morgan fingerprint density at radius 2 is 1.94 bits per heavy atom. The molecule has 1 aromatic carbocycles. The van der Waals surface area contributed by atoms with Crippen LogP contribution < -0.4 is 4.74 Å². The van der Waals surface area contributed by atoms with Crippen LogP contribution >= 0.6 is 0 Å². The van der Waals surface area contributed by atoms with E-state index in [1.54, 1.807) is 55.0 Å². The van der Waals surface area contributed by atoms with Crippen LogP contribution in [-0.4, -0.2) is 37.8 Å². The number of ether oxygens (including phenoxy) is 1. The Hall–Kier alpha value is -4.00. The summed E-state index contributed by atoms with van der Waals surface area (Å²) in [6, 6.07) is 13.5. The van der Waals surface area contributed by atoms with Crippen molar-refractivity contribution < 1.29 is 19.4 Å². The SMILES string of the molecule is CC1Cc2cc(/C(O)=C3/C(=O)C(=O)N(Cc4ccccn4)C3c3ccncc3)ccc2O1. The average Bonchev–Trinajstić information content (AvgIpc) is 3.31. The average molecular weight is 427 g/mol. The number of aromatic nitrogens is 2. The van der Waals surface area contributed by atoms with Crippen LogP contribution in [0.3, 0.4) is 0 Å². The van der Waals surface area contributed by atoms with Gasteiger partial charge in [-0.15, -0.1) is 0 Å². The van der Waals surface area contributed by atoms with Crippen LogP contribution in [0, 0.1) is 0 Å². The number of ketones is 1. The second-order valence-corrected chi connectivity index (χ2v) is 7.98. The Balaban J connectivity index is 1.62. The number of benzene rings is 1. The van der Waals surface area contributed by atoms with Crippen molar-refractivity contribution in [2.75, 3.05) is 0 Å². The summed E-state index contributed by atoms with van der Waals surface area (Å²) >= 11 is 0. The van der Waals surface area contributed by atoms with E-state index in [1.165, 1.54) is 4.90 Å². The lowest BCUT2D eigenvalue weighted by Gasteiger charge is -2.25. The van der Waals surface area contributed by atoms with E-state index in [0.29, 0.717) is 16.8 Å². The van der Waals surface area contributed by atoms with E-state index in [1.807, 2.05) is 19.1 Å². The topological polar surface area (TPSA) is 92.6 Å². The molecule has 2 unspecified atom stereocenters. The van der Waals surface area contributed by atoms with Crippen molar-refractivity contribution in [3.05, 3.63) is 95.1 Å². The summed E-state index contributed by atoms with van der Waals surface area (Å²) < 4.78 is 5.74. The van der Waals surface area contributed by atoms with Crippen molar-refractivity contribution in [1.82, 2.24) is 14.9 Å². The lowest BCUT2D eigenvalue weighted by molar-refractivity contribution is -0.140. The van der Waals surface area contributed by atoms with Gasteiger partial charge in [-0.2, -0.15) is 0 Å². The highest BCUT2D eigenvalue weighted by Gasteiger charge is 2.46. The van der Waals surface area contributed by atoms with Gasteiger partial charge in [0.05, 0.1) is 23.9 Å². The Morgan fingerprint density at radius 3 is 2.69 bits per heavy atom. The standard InChI is InChI=1S/C25H21N3O4/c1-15-12-18-13-17(5-6-20(18)32-15)23(29)21-22(16-7-10-26-11-8-16)28(25(31)24(21)30)14-19-4-2-3-9-27-19/h2-11,13,15,22,29H,12,14H2,1H3/b23-21-. The molecular weight excluding hydrogens is 406 g/mol. The molecular formula is C25H21N3O4. The maximum atomic E-state index is 13.1. The predicted molar refractivity (Wildman–Crippen MR) is 117 cm³/mol. The minimum absolute atomic E-state index is 0.0585. The molecule has 5 rings (SSSR count). The summed E-state index contributed by atoms with van der Waals surface area (Å²) in [5.41, 5.74) is 2.84. The maximum Gasteiger partial charge on any atom is 0.296 e. The number of rotatable bonds is 4. The highest BCUT2D eigenvalue weighted by atomic mass is 16.5. The molecule has 4 heterocycles. The van der Waals surface area contributed by atoms with Crippen LogP contribution in [-0.2, 0) is 22.6 Å². The first-order valence-corrected chi connectivity index (χ1v) is 10.4. The number of hydrogen-bond acceptors (Lipinski definition) is 6. The molecule has 2 aliphatic rings. The number of nitrogens with zero attached hydrogens (tertiary/aromatic N) is 3. The summed E-state index contributed by atoms with van der Waals surface area (Å²) in [5, 5.41) is 11.2. The zero-order valence-electron chi connectivity index (χ0n) is 17.4. The van der Waals surface area contributed by atoms with Crippen LogP contribution in [0.5, 0.6) is 5.75 Å². The number of amides is 1. The number of hydrogen-bond donors (Lipinski definition) is 1. The van der Waals surface area contributed by atoms with E-state index < -0.39 is 17.7 Å². The molecule has 1 N–H and O–H groups in total. The van der Waals surface area contributed by atoms with Gasteiger partial charge in [-0.05, 0) is 60.5 Å². The van der Waals surface area contributed by atoms with Crippen molar-refractivity contribution >= 4 is 17.4 Å². The zero-order valence-corrected chi connectivity index (χ0v) is 17.4. The summed E-state index contributed by atoms with van der Waals surface area (Å²) in [7, 11) is 0. The van der Waals surface area contributed by atoms with Crippen molar-refractivity contribution in [2.45, 2.75) is 32.0 Å².